The molecule has 0 fully saturated rings. The maximum absolute atomic E-state index is 13.0. The maximum Gasteiger partial charge on any atom is 0.160 e. The first-order valence-electron chi connectivity index (χ1n) is 4.67. The van der Waals surface area contributed by atoms with Crippen LogP contribution in [0.5, 0.6) is 0 Å². The quantitative estimate of drug-likeness (QED) is 0.755. The smallest absolute Gasteiger partial charge is 0.160 e. The molecule has 14 heavy (non-hydrogen) atoms. The molecule has 0 aliphatic heterocycles. The van der Waals surface area contributed by atoms with Crippen LogP contribution in [-0.2, 0) is 6.42 Å². The lowest BCUT2D eigenvalue weighted by atomic mass is 10.1. The van der Waals surface area contributed by atoms with E-state index >= 15 is 0 Å². The lowest BCUT2D eigenvalue weighted by Gasteiger charge is -1.97. The number of aromatic amines is 1. The van der Waals surface area contributed by atoms with Crippen molar-refractivity contribution in [2.24, 2.45) is 0 Å². The van der Waals surface area contributed by atoms with Gasteiger partial charge in [-0.2, -0.15) is 0 Å². The molecule has 3 heteroatoms. The number of aryl methyl sites for hydroxylation is 1. The first kappa shape index (κ1) is 9.19. The molecule has 0 aliphatic rings. The van der Waals surface area contributed by atoms with Crippen LogP contribution < -0.4 is 0 Å². The summed E-state index contributed by atoms with van der Waals surface area (Å²) in [5, 5.41) is 0.783. The third-order valence-electron chi connectivity index (χ3n) is 2.33. The average molecular weight is 195 g/mol. The van der Waals surface area contributed by atoms with Gasteiger partial charge in [0.2, 0.25) is 0 Å². The second-order valence-electron chi connectivity index (χ2n) is 3.38. The number of benzene rings is 1. The monoisotopic (exact) mass is 195 g/mol. The van der Waals surface area contributed by atoms with Crippen molar-refractivity contribution in [3.63, 3.8) is 0 Å². The van der Waals surface area contributed by atoms with Crippen LogP contribution in [0.15, 0.2) is 18.3 Å². The van der Waals surface area contributed by atoms with E-state index in [1.165, 1.54) is 12.1 Å². The van der Waals surface area contributed by atoms with E-state index < -0.39 is 11.6 Å². The first-order chi connectivity index (χ1) is 6.72. The molecular formula is C11H11F2N. The van der Waals surface area contributed by atoms with Gasteiger partial charge in [-0.05, 0) is 18.1 Å². The molecule has 0 saturated heterocycles. The third-order valence-corrected chi connectivity index (χ3v) is 2.33. The molecule has 0 aliphatic carbocycles. The van der Waals surface area contributed by atoms with Gasteiger partial charge in [-0.1, -0.05) is 13.3 Å². The summed E-state index contributed by atoms with van der Waals surface area (Å²) in [6, 6.07) is 2.45. The number of H-pyrrole nitrogens is 1. The van der Waals surface area contributed by atoms with Crippen LogP contribution in [0.2, 0.25) is 0 Å². The molecule has 1 N–H and O–H groups in total. The molecule has 74 valence electrons. The van der Waals surface area contributed by atoms with Crippen molar-refractivity contribution in [3.8, 4) is 0 Å². The summed E-state index contributed by atoms with van der Waals surface area (Å²) in [4.78, 5) is 2.93. The van der Waals surface area contributed by atoms with Crippen molar-refractivity contribution in [2.45, 2.75) is 19.8 Å². The zero-order valence-electron chi connectivity index (χ0n) is 7.90. The van der Waals surface area contributed by atoms with Gasteiger partial charge in [0.1, 0.15) is 0 Å². The second-order valence-corrected chi connectivity index (χ2v) is 3.38. The van der Waals surface area contributed by atoms with Gasteiger partial charge in [-0.15, -0.1) is 0 Å². The normalized spacial score (nSPS) is 11.1. The number of rotatable bonds is 2. The molecule has 0 atom stereocenters. The summed E-state index contributed by atoms with van der Waals surface area (Å²) in [6.45, 7) is 2.05. The summed E-state index contributed by atoms with van der Waals surface area (Å²) in [5.41, 5.74) is 1.70. The Bertz CT molecular complexity index is 460. The molecule has 2 rings (SSSR count). The van der Waals surface area contributed by atoms with Crippen LogP contribution in [0, 0.1) is 11.6 Å². The first-order valence-corrected chi connectivity index (χ1v) is 4.67. The molecular weight excluding hydrogens is 184 g/mol. The summed E-state index contributed by atoms with van der Waals surface area (Å²) < 4.78 is 25.8. The highest BCUT2D eigenvalue weighted by Crippen LogP contribution is 2.22. The Balaban J connectivity index is 2.61. The molecule has 0 spiro atoms. The molecule has 0 radical (unpaired) electrons. The zero-order valence-corrected chi connectivity index (χ0v) is 7.90. The topological polar surface area (TPSA) is 15.8 Å². The molecule has 2 aromatic rings. The Morgan fingerprint density at radius 2 is 1.93 bits per heavy atom. The molecule has 0 saturated carbocycles. The Morgan fingerprint density at radius 3 is 2.64 bits per heavy atom. The molecule has 0 unspecified atom stereocenters. The fourth-order valence-electron chi connectivity index (χ4n) is 1.65. The highest BCUT2D eigenvalue weighted by Gasteiger charge is 2.08. The number of aromatic nitrogens is 1. The van der Waals surface area contributed by atoms with E-state index in [-0.39, 0.29) is 0 Å². The zero-order chi connectivity index (χ0) is 10.1. The van der Waals surface area contributed by atoms with Gasteiger partial charge < -0.3 is 4.98 Å². The van der Waals surface area contributed by atoms with Crippen molar-refractivity contribution in [2.75, 3.05) is 0 Å². The fourth-order valence-corrected chi connectivity index (χ4v) is 1.65. The van der Waals surface area contributed by atoms with Crippen LogP contribution in [0.25, 0.3) is 10.9 Å². The van der Waals surface area contributed by atoms with Crippen LogP contribution in [0.1, 0.15) is 18.9 Å². The number of nitrogens with one attached hydrogen (secondary N) is 1. The van der Waals surface area contributed by atoms with Crippen molar-refractivity contribution in [3.05, 3.63) is 35.5 Å². The van der Waals surface area contributed by atoms with Gasteiger partial charge in [0.05, 0.1) is 0 Å². The van der Waals surface area contributed by atoms with Gasteiger partial charge in [0.25, 0.3) is 0 Å². The van der Waals surface area contributed by atoms with Gasteiger partial charge >= 0.3 is 0 Å². The third kappa shape index (κ3) is 1.39. The van der Waals surface area contributed by atoms with Crippen LogP contribution in [-0.4, -0.2) is 4.98 Å². The second kappa shape index (κ2) is 3.40. The Morgan fingerprint density at radius 1 is 1.21 bits per heavy atom. The van der Waals surface area contributed by atoms with Crippen LogP contribution in [0.3, 0.4) is 0 Å². The summed E-state index contributed by atoms with van der Waals surface area (Å²) in [6.07, 6.45) is 3.68. The van der Waals surface area contributed by atoms with Crippen LogP contribution >= 0.6 is 0 Å². The van der Waals surface area contributed by atoms with E-state index in [0.717, 1.165) is 23.8 Å². The van der Waals surface area contributed by atoms with Gasteiger partial charge in [-0.25, -0.2) is 8.78 Å². The van der Waals surface area contributed by atoms with Gasteiger partial charge in [0, 0.05) is 23.2 Å². The predicted molar refractivity (Wildman–Crippen MR) is 52.2 cm³/mol. The average Bonchev–Trinajstić information content (AvgIpc) is 2.51. The Kier molecular flexibility index (Phi) is 2.23. The van der Waals surface area contributed by atoms with E-state index in [4.69, 9.17) is 0 Å². The Labute approximate surface area is 80.7 Å². The SMILES string of the molecule is CCCc1c[nH]c2cc(F)c(F)cc12. The van der Waals surface area contributed by atoms with Crippen molar-refractivity contribution >= 4 is 10.9 Å². The highest BCUT2D eigenvalue weighted by atomic mass is 19.2. The van der Waals surface area contributed by atoms with Crippen molar-refractivity contribution < 1.29 is 8.78 Å². The maximum atomic E-state index is 13.0. The fraction of sp³-hybridized carbons (Fsp3) is 0.273. The largest absolute Gasteiger partial charge is 0.361 e. The molecule has 1 nitrogen and oxygen atoms in total. The number of hydrogen-bond acceptors (Lipinski definition) is 0. The number of halogens is 2. The van der Waals surface area contributed by atoms with Gasteiger partial charge in [0.15, 0.2) is 11.6 Å². The molecule has 1 aromatic carbocycles. The van der Waals surface area contributed by atoms with E-state index in [0.29, 0.717) is 5.52 Å². The molecule has 0 amide bonds. The molecule has 1 heterocycles. The number of fused-ring (bicyclic) bond motifs is 1. The molecule has 1 aromatic heterocycles. The minimum atomic E-state index is -0.803. The van der Waals surface area contributed by atoms with E-state index in [1.807, 2.05) is 6.20 Å². The number of hydrogen-bond donors (Lipinski definition) is 1. The minimum absolute atomic E-state index is 0.660. The minimum Gasteiger partial charge on any atom is -0.361 e. The Hall–Kier alpha value is -1.38. The highest BCUT2D eigenvalue weighted by molar-refractivity contribution is 5.83. The lowest BCUT2D eigenvalue weighted by Crippen LogP contribution is -1.85. The lowest BCUT2D eigenvalue weighted by molar-refractivity contribution is 0.511. The van der Waals surface area contributed by atoms with E-state index in [9.17, 15) is 8.78 Å². The van der Waals surface area contributed by atoms with Gasteiger partial charge in [-0.3, -0.25) is 0 Å². The van der Waals surface area contributed by atoms with E-state index in [1.54, 1.807) is 0 Å². The summed E-state index contributed by atoms with van der Waals surface area (Å²) in [7, 11) is 0. The van der Waals surface area contributed by atoms with E-state index in [2.05, 4.69) is 11.9 Å². The summed E-state index contributed by atoms with van der Waals surface area (Å²) >= 11 is 0. The van der Waals surface area contributed by atoms with Crippen molar-refractivity contribution in [1.82, 2.24) is 4.98 Å². The standard InChI is InChI=1S/C11H11F2N/c1-2-3-7-6-14-11-5-10(13)9(12)4-8(7)11/h4-6,14H,2-3H2,1H3. The van der Waals surface area contributed by atoms with Crippen molar-refractivity contribution in [1.29, 1.82) is 0 Å². The predicted octanol–water partition coefficient (Wildman–Crippen LogP) is 3.40. The van der Waals surface area contributed by atoms with Crippen LogP contribution in [0.4, 0.5) is 8.78 Å². The molecule has 0 bridgehead atoms. The summed E-state index contributed by atoms with van der Waals surface area (Å²) in [5.74, 6) is -1.59.